The predicted octanol–water partition coefficient (Wildman–Crippen LogP) is 4.10. The number of benzene rings is 3. The van der Waals surface area contributed by atoms with Crippen LogP contribution in [0.5, 0.6) is 0 Å². The average molecular weight is 383 g/mol. The molecule has 1 heteroatoms. The van der Waals surface area contributed by atoms with Gasteiger partial charge in [-0.2, -0.15) is 23.8 Å². The van der Waals surface area contributed by atoms with Crippen LogP contribution in [0.25, 0.3) is 21.5 Å². The molecule has 0 saturated carbocycles. The molecule has 0 aromatic heterocycles. The molecule has 16 heavy (non-hydrogen) atoms. The second kappa shape index (κ2) is 4.37. The van der Waals surface area contributed by atoms with Gasteiger partial charge >= 0.3 is 0 Å². The first kappa shape index (κ1) is 11.3. The fourth-order valence-corrected chi connectivity index (χ4v) is 2.06. The van der Waals surface area contributed by atoms with E-state index in [9.17, 15) is 0 Å². The SMILES string of the molecule is Cc1[c-]cc2c(ccc3ccccc32)c1.[Ir]. The largest absolute Gasteiger partial charge is 0.180 e. The Balaban J connectivity index is 0.000000963. The van der Waals surface area contributed by atoms with E-state index in [4.69, 9.17) is 0 Å². The van der Waals surface area contributed by atoms with Gasteiger partial charge in [0.1, 0.15) is 0 Å². The van der Waals surface area contributed by atoms with Crippen LogP contribution in [0.1, 0.15) is 5.56 Å². The summed E-state index contributed by atoms with van der Waals surface area (Å²) >= 11 is 0. The van der Waals surface area contributed by atoms with Gasteiger partial charge in [0.05, 0.1) is 0 Å². The molecule has 0 spiro atoms. The number of rotatable bonds is 0. The average Bonchev–Trinajstić information content (AvgIpc) is 2.28. The van der Waals surface area contributed by atoms with Gasteiger partial charge in [-0.15, -0.1) is 10.8 Å². The van der Waals surface area contributed by atoms with Crippen molar-refractivity contribution in [3.63, 3.8) is 0 Å². The summed E-state index contributed by atoms with van der Waals surface area (Å²) in [5, 5.41) is 5.19. The van der Waals surface area contributed by atoms with Crippen LogP contribution in [0.3, 0.4) is 0 Å². The standard InChI is InChI=1S/C15H11.Ir/c1-11-6-9-15-13(10-11)8-7-12-4-2-3-5-14(12)15;/h2-5,7-10H,1H3;/q-1;. The van der Waals surface area contributed by atoms with E-state index in [1.807, 2.05) is 0 Å². The number of hydrogen-bond acceptors (Lipinski definition) is 0. The maximum Gasteiger partial charge on any atom is 0 e. The van der Waals surface area contributed by atoms with Crippen molar-refractivity contribution in [1.29, 1.82) is 0 Å². The first-order valence-corrected chi connectivity index (χ1v) is 5.14. The first-order valence-electron chi connectivity index (χ1n) is 5.14. The van der Waals surface area contributed by atoms with Crippen molar-refractivity contribution in [1.82, 2.24) is 0 Å². The van der Waals surface area contributed by atoms with E-state index in [1.165, 1.54) is 27.1 Å². The van der Waals surface area contributed by atoms with Crippen molar-refractivity contribution in [3.8, 4) is 0 Å². The van der Waals surface area contributed by atoms with Crippen LogP contribution in [0.2, 0.25) is 0 Å². The molecule has 0 heterocycles. The van der Waals surface area contributed by atoms with Gasteiger partial charge in [0, 0.05) is 20.1 Å². The summed E-state index contributed by atoms with van der Waals surface area (Å²) in [4.78, 5) is 0. The number of aryl methyl sites for hydroxylation is 1. The normalized spacial score (nSPS) is 10.3. The third kappa shape index (κ3) is 1.77. The Kier molecular flexibility index (Phi) is 3.09. The van der Waals surface area contributed by atoms with Crippen molar-refractivity contribution in [2.45, 2.75) is 6.92 Å². The summed E-state index contributed by atoms with van der Waals surface area (Å²) in [5.74, 6) is 0. The van der Waals surface area contributed by atoms with Crippen molar-refractivity contribution < 1.29 is 20.1 Å². The summed E-state index contributed by atoms with van der Waals surface area (Å²) in [6.45, 7) is 2.08. The van der Waals surface area contributed by atoms with Crippen LogP contribution >= 0.6 is 0 Å². The quantitative estimate of drug-likeness (QED) is 0.405. The molecule has 0 fully saturated rings. The molecule has 0 atom stereocenters. The molecule has 0 unspecified atom stereocenters. The molecule has 0 aliphatic rings. The maximum absolute atomic E-state index is 3.27. The molecule has 1 radical (unpaired) electrons. The molecule has 3 rings (SSSR count). The van der Waals surface area contributed by atoms with Gasteiger partial charge in [-0.25, -0.2) is 0 Å². The Bertz CT molecular complexity index is 641. The minimum absolute atomic E-state index is 0. The smallest absolute Gasteiger partial charge is 0 e. The summed E-state index contributed by atoms with van der Waals surface area (Å²) in [5.41, 5.74) is 1.19. The van der Waals surface area contributed by atoms with Crippen molar-refractivity contribution in [2.75, 3.05) is 0 Å². The van der Waals surface area contributed by atoms with Crippen LogP contribution in [0, 0.1) is 13.0 Å². The molecule has 0 amide bonds. The fourth-order valence-electron chi connectivity index (χ4n) is 2.06. The molecule has 81 valence electrons. The summed E-state index contributed by atoms with van der Waals surface area (Å²) in [6.07, 6.45) is 0. The van der Waals surface area contributed by atoms with Gasteiger partial charge in [0.25, 0.3) is 0 Å². The number of fused-ring (bicyclic) bond motifs is 3. The zero-order valence-corrected chi connectivity index (χ0v) is 11.3. The van der Waals surface area contributed by atoms with Crippen molar-refractivity contribution >= 4 is 21.5 Å². The van der Waals surface area contributed by atoms with E-state index in [-0.39, 0.29) is 20.1 Å². The van der Waals surface area contributed by atoms with Gasteiger partial charge in [-0.05, 0) is 5.39 Å². The summed E-state index contributed by atoms with van der Waals surface area (Å²) in [6, 6.07) is 20.4. The monoisotopic (exact) mass is 384 g/mol. The Hall–Kier alpha value is -1.17. The maximum atomic E-state index is 3.27. The van der Waals surface area contributed by atoms with Gasteiger partial charge in [-0.1, -0.05) is 48.7 Å². The zero-order chi connectivity index (χ0) is 10.3. The predicted molar refractivity (Wildman–Crippen MR) is 65.0 cm³/mol. The molecule has 0 bridgehead atoms. The first-order chi connectivity index (χ1) is 7.34. The van der Waals surface area contributed by atoms with Crippen molar-refractivity contribution in [3.05, 3.63) is 60.2 Å². The Morgan fingerprint density at radius 3 is 2.50 bits per heavy atom. The molecular weight excluding hydrogens is 372 g/mol. The van der Waals surface area contributed by atoms with E-state index < -0.39 is 0 Å². The molecule has 0 aliphatic heterocycles. The summed E-state index contributed by atoms with van der Waals surface area (Å²) in [7, 11) is 0. The molecule has 3 aromatic carbocycles. The fraction of sp³-hybridized carbons (Fsp3) is 0.0667. The molecule has 0 N–H and O–H groups in total. The van der Waals surface area contributed by atoms with Crippen LogP contribution in [0.15, 0.2) is 48.5 Å². The van der Waals surface area contributed by atoms with Gasteiger partial charge in [0.15, 0.2) is 0 Å². The molecular formula is C15H11Ir-. The van der Waals surface area contributed by atoms with Crippen molar-refractivity contribution in [2.24, 2.45) is 0 Å². The Morgan fingerprint density at radius 2 is 1.62 bits per heavy atom. The minimum Gasteiger partial charge on any atom is -0.180 e. The van der Waals surface area contributed by atoms with Gasteiger partial charge in [0.2, 0.25) is 0 Å². The third-order valence-electron chi connectivity index (χ3n) is 2.82. The van der Waals surface area contributed by atoms with E-state index in [0.717, 1.165) is 0 Å². The van der Waals surface area contributed by atoms with E-state index in [2.05, 4.69) is 61.5 Å². The third-order valence-corrected chi connectivity index (χ3v) is 2.82. The second-order valence-corrected chi connectivity index (χ2v) is 3.91. The van der Waals surface area contributed by atoms with Crippen LogP contribution in [0.4, 0.5) is 0 Å². The topological polar surface area (TPSA) is 0 Å². The summed E-state index contributed by atoms with van der Waals surface area (Å²) < 4.78 is 0. The molecule has 3 aromatic rings. The van der Waals surface area contributed by atoms with Crippen LogP contribution in [-0.2, 0) is 20.1 Å². The molecule has 0 nitrogen and oxygen atoms in total. The van der Waals surface area contributed by atoms with Gasteiger partial charge in [-0.3, -0.25) is 0 Å². The molecule has 0 saturated heterocycles. The van der Waals surface area contributed by atoms with Crippen LogP contribution in [-0.4, -0.2) is 0 Å². The van der Waals surface area contributed by atoms with E-state index >= 15 is 0 Å². The van der Waals surface area contributed by atoms with E-state index in [1.54, 1.807) is 0 Å². The Morgan fingerprint density at radius 1 is 0.875 bits per heavy atom. The Labute approximate surface area is 109 Å². The van der Waals surface area contributed by atoms with Crippen LogP contribution < -0.4 is 0 Å². The molecule has 0 aliphatic carbocycles. The van der Waals surface area contributed by atoms with E-state index in [0.29, 0.717) is 0 Å². The minimum atomic E-state index is 0. The number of hydrogen-bond donors (Lipinski definition) is 0. The van der Waals surface area contributed by atoms with Gasteiger partial charge < -0.3 is 0 Å². The zero-order valence-electron chi connectivity index (χ0n) is 8.95. The second-order valence-electron chi connectivity index (χ2n) is 3.91.